The molecule has 5 saturated carbocycles. The van der Waals surface area contributed by atoms with Gasteiger partial charge in [0.1, 0.15) is 6.10 Å². The quantitative estimate of drug-likeness (QED) is 0.281. The molecule has 0 N–H and O–H groups in total. The smallest absolute Gasteiger partial charge is 0.338 e. The lowest BCUT2D eigenvalue weighted by molar-refractivity contribution is -0.218. The highest BCUT2D eigenvalue weighted by atomic mass is 16.6. The second-order valence-electron chi connectivity index (χ2n) is 18.2. The van der Waals surface area contributed by atoms with Crippen molar-refractivity contribution in [1.82, 2.24) is 0 Å². The highest BCUT2D eigenvalue weighted by Gasteiger charge is 2.85. The summed E-state index contributed by atoms with van der Waals surface area (Å²) in [7, 11) is 5.66. The van der Waals surface area contributed by atoms with Crippen LogP contribution in [0.5, 0.6) is 0 Å². The van der Waals surface area contributed by atoms with E-state index in [9.17, 15) is 4.79 Å². The fourth-order valence-electron chi connectivity index (χ4n) is 13.6. The van der Waals surface area contributed by atoms with E-state index >= 15 is 0 Å². The standard InChI is InChI=1S/C40H60O6/c1-34(2)29(45-33(41)25-14-12-11-13-15-25)17-19-40-24-39(40)21-20-36(5)32(38(7)18-16-30(46-38)35(3,4)44-10)27(43-9)23-37(36,6)28(39)22-26(42-8)31(34)40/h11-15,26-32H,16-24H2,1-10H3/t26-,27-,28?,29?,30-,31-,32-,36+,37-,38+,39?,40+/m0/s1. The van der Waals surface area contributed by atoms with E-state index in [1.165, 1.54) is 19.3 Å². The van der Waals surface area contributed by atoms with Crippen LogP contribution in [0.15, 0.2) is 30.3 Å². The van der Waals surface area contributed by atoms with Gasteiger partial charge in [0.05, 0.1) is 35.1 Å². The lowest BCUT2D eigenvalue weighted by atomic mass is 9.41. The van der Waals surface area contributed by atoms with E-state index < -0.39 is 0 Å². The minimum Gasteiger partial charge on any atom is -0.458 e. The van der Waals surface area contributed by atoms with E-state index in [2.05, 4.69) is 48.5 Å². The van der Waals surface area contributed by atoms with Gasteiger partial charge in [0.25, 0.3) is 0 Å². The van der Waals surface area contributed by atoms with E-state index in [4.69, 9.17) is 23.7 Å². The number of esters is 1. The van der Waals surface area contributed by atoms with Crippen LogP contribution in [-0.2, 0) is 23.7 Å². The third-order valence-corrected chi connectivity index (χ3v) is 16.1. The summed E-state index contributed by atoms with van der Waals surface area (Å²) in [5.74, 6) is 1.05. The minimum atomic E-state index is -0.314. The lowest BCUT2D eigenvalue weighted by Gasteiger charge is -2.65. The van der Waals surface area contributed by atoms with Crippen LogP contribution in [0, 0.1) is 44.8 Å². The Hall–Kier alpha value is -1.47. The maximum Gasteiger partial charge on any atom is 0.338 e. The molecule has 1 aliphatic heterocycles. The zero-order valence-electron chi connectivity index (χ0n) is 30.2. The van der Waals surface area contributed by atoms with Crippen molar-refractivity contribution in [2.24, 2.45) is 44.8 Å². The van der Waals surface area contributed by atoms with Gasteiger partial charge >= 0.3 is 5.97 Å². The first-order valence-corrected chi connectivity index (χ1v) is 18.1. The van der Waals surface area contributed by atoms with Crippen molar-refractivity contribution in [3.8, 4) is 0 Å². The minimum absolute atomic E-state index is 0.0822. The molecule has 3 unspecified atom stereocenters. The van der Waals surface area contributed by atoms with Crippen LogP contribution < -0.4 is 0 Å². The van der Waals surface area contributed by atoms with Gasteiger partial charge in [0, 0.05) is 32.7 Å². The third kappa shape index (κ3) is 4.18. The van der Waals surface area contributed by atoms with Crippen molar-refractivity contribution >= 4 is 5.97 Å². The van der Waals surface area contributed by atoms with Crippen molar-refractivity contribution in [3.05, 3.63) is 35.9 Å². The lowest BCUT2D eigenvalue weighted by Crippen LogP contribution is -2.62. The molecule has 256 valence electrons. The van der Waals surface area contributed by atoms with Crippen molar-refractivity contribution < 1.29 is 28.5 Å². The van der Waals surface area contributed by atoms with E-state index in [0.717, 1.165) is 38.5 Å². The Balaban J connectivity index is 1.20. The Bertz CT molecular complexity index is 1340. The molecule has 7 rings (SSSR count). The number of methoxy groups -OCH3 is 3. The predicted molar refractivity (Wildman–Crippen MR) is 178 cm³/mol. The topological polar surface area (TPSA) is 63.2 Å². The summed E-state index contributed by atoms with van der Waals surface area (Å²) < 4.78 is 32.4. The molecular formula is C40H60O6. The molecule has 6 fully saturated rings. The van der Waals surface area contributed by atoms with Gasteiger partial charge in [-0.15, -0.1) is 0 Å². The van der Waals surface area contributed by atoms with Crippen LogP contribution in [-0.4, -0.2) is 62.9 Å². The number of ether oxygens (including phenoxy) is 5. The number of carbonyl (C=O) groups is 1. The summed E-state index contributed by atoms with van der Waals surface area (Å²) in [6.07, 6.45) is 10.3. The molecule has 46 heavy (non-hydrogen) atoms. The summed E-state index contributed by atoms with van der Waals surface area (Å²) in [5, 5.41) is 0. The van der Waals surface area contributed by atoms with Gasteiger partial charge in [-0.05, 0) is 124 Å². The molecule has 6 nitrogen and oxygen atoms in total. The fourth-order valence-corrected chi connectivity index (χ4v) is 13.6. The van der Waals surface area contributed by atoms with Gasteiger partial charge in [0.15, 0.2) is 0 Å². The second-order valence-corrected chi connectivity index (χ2v) is 18.2. The number of rotatable bonds is 7. The van der Waals surface area contributed by atoms with Gasteiger partial charge < -0.3 is 23.7 Å². The monoisotopic (exact) mass is 636 g/mol. The van der Waals surface area contributed by atoms with Crippen LogP contribution in [0.4, 0.5) is 0 Å². The third-order valence-electron chi connectivity index (χ3n) is 16.1. The van der Waals surface area contributed by atoms with Gasteiger partial charge in [-0.3, -0.25) is 0 Å². The molecule has 0 bridgehead atoms. The molecule has 6 aliphatic rings. The second kappa shape index (κ2) is 10.5. The molecule has 12 atom stereocenters. The largest absolute Gasteiger partial charge is 0.458 e. The molecule has 5 aliphatic carbocycles. The Morgan fingerprint density at radius 3 is 2.17 bits per heavy atom. The number of hydrogen-bond donors (Lipinski definition) is 0. The molecule has 1 saturated heterocycles. The average molecular weight is 637 g/mol. The molecular weight excluding hydrogens is 576 g/mol. The summed E-state index contributed by atoms with van der Waals surface area (Å²) in [4.78, 5) is 13.3. The van der Waals surface area contributed by atoms with Crippen molar-refractivity contribution in [2.45, 2.75) is 142 Å². The number of hydrogen-bond acceptors (Lipinski definition) is 6. The Morgan fingerprint density at radius 2 is 1.52 bits per heavy atom. The van der Waals surface area contributed by atoms with Gasteiger partial charge in [-0.2, -0.15) is 0 Å². The Kier molecular flexibility index (Phi) is 7.55. The zero-order chi connectivity index (χ0) is 33.1. The maximum atomic E-state index is 13.3. The number of benzene rings is 1. The molecule has 0 amide bonds. The molecule has 1 heterocycles. The van der Waals surface area contributed by atoms with E-state index in [-0.39, 0.29) is 63.2 Å². The number of carbonyl (C=O) groups excluding carboxylic acids is 1. The maximum absolute atomic E-state index is 13.3. The summed E-state index contributed by atoms with van der Waals surface area (Å²) >= 11 is 0. The van der Waals surface area contributed by atoms with Crippen LogP contribution in [0.25, 0.3) is 0 Å². The summed E-state index contributed by atoms with van der Waals surface area (Å²) in [6.45, 7) is 16.6. The summed E-state index contributed by atoms with van der Waals surface area (Å²) in [5.41, 5.74) is 0.654. The Labute approximate surface area is 278 Å². The fraction of sp³-hybridized carbons (Fsp3) is 0.825. The zero-order valence-corrected chi connectivity index (χ0v) is 30.2. The van der Waals surface area contributed by atoms with Crippen molar-refractivity contribution in [1.29, 1.82) is 0 Å². The van der Waals surface area contributed by atoms with Crippen LogP contribution in [0.1, 0.15) is 117 Å². The van der Waals surface area contributed by atoms with Crippen LogP contribution >= 0.6 is 0 Å². The first-order valence-electron chi connectivity index (χ1n) is 18.1. The Morgan fingerprint density at radius 1 is 0.826 bits per heavy atom. The van der Waals surface area contributed by atoms with E-state index in [1.807, 2.05) is 51.7 Å². The van der Waals surface area contributed by atoms with Crippen molar-refractivity contribution in [2.75, 3.05) is 21.3 Å². The molecule has 6 heteroatoms. The average Bonchev–Trinajstić information content (AvgIpc) is 3.38. The van der Waals surface area contributed by atoms with Gasteiger partial charge in [0.2, 0.25) is 0 Å². The van der Waals surface area contributed by atoms with E-state index in [0.29, 0.717) is 28.7 Å². The van der Waals surface area contributed by atoms with Crippen LogP contribution in [0.2, 0.25) is 0 Å². The van der Waals surface area contributed by atoms with E-state index in [1.54, 1.807) is 0 Å². The molecule has 1 aromatic carbocycles. The first-order chi connectivity index (χ1) is 21.6. The highest BCUT2D eigenvalue weighted by molar-refractivity contribution is 5.89. The first kappa shape index (κ1) is 33.0. The van der Waals surface area contributed by atoms with Crippen LogP contribution in [0.3, 0.4) is 0 Å². The molecule has 0 aromatic heterocycles. The highest BCUT2D eigenvalue weighted by Crippen LogP contribution is 2.89. The SMILES string of the molecule is CO[C@H]1C[C@@]2(C)C3C[C@H](OC)[C@H]4C(C)(C)C(OC(=O)c5ccccc5)CC[C@@]45CC35CC[C@]2(C)[C@H]1[C@@]1(C)CC[C@@H](C(C)(C)OC)O1. The predicted octanol–water partition coefficient (Wildman–Crippen LogP) is 8.26. The molecule has 2 spiro atoms. The summed E-state index contributed by atoms with van der Waals surface area (Å²) in [6, 6.07) is 9.47. The van der Waals surface area contributed by atoms with Crippen molar-refractivity contribution in [3.63, 3.8) is 0 Å². The van der Waals surface area contributed by atoms with Gasteiger partial charge in [-0.1, -0.05) is 45.9 Å². The normalized spacial score (nSPS) is 49.0. The molecule has 0 radical (unpaired) electrons. The van der Waals surface area contributed by atoms with Gasteiger partial charge in [-0.25, -0.2) is 4.79 Å². The molecule has 1 aromatic rings. The number of fused-ring (bicyclic) bond motifs is 2.